The maximum atomic E-state index is 14.8. The van der Waals surface area contributed by atoms with Crippen molar-refractivity contribution in [3.05, 3.63) is 35.7 Å². The third-order valence-corrected chi connectivity index (χ3v) is 6.06. The number of piperidine rings is 1. The number of benzene rings is 1. The Balaban J connectivity index is 1.88. The van der Waals surface area contributed by atoms with Gasteiger partial charge in [-0.3, -0.25) is 4.90 Å². The van der Waals surface area contributed by atoms with Crippen LogP contribution in [-0.2, 0) is 16.8 Å². The zero-order valence-electron chi connectivity index (χ0n) is 19.8. The standard InChI is InChI=1S/C23H25F5N6O2/c1-22(24,25)17-16(34(2)21(35)36-3)7-6-13-14(10-30-19(13)17)18-15(23(26,27)28)11-31-20(33-18)32-12-5-4-8-29-9-12/h6-7,10-12,29-30H,4-5,8-9H2,1-3H3,(H,31,32,33)/t12-/m0/s1. The van der Waals surface area contributed by atoms with E-state index < -0.39 is 35.0 Å². The Morgan fingerprint density at radius 3 is 2.61 bits per heavy atom. The summed E-state index contributed by atoms with van der Waals surface area (Å²) >= 11 is 0. The fourth-order valence-corrected chi connectivity index (χ4v) is 4.36. The normalized spacial score (nSPS) is 16.7. The number of aromatic nitrogens is 3. The van der Waals surface area contributed by atoms with Crippen molar-refractivity contribution in [2.75, 3.05) is 37.5 Å². The molecule has 8 nitrogen and oxygen atoms in total. The van der Waals surface area contributed by atoms with E-state index in [2.05, 4.69) is 30.3 Å². The summed E-state index contributed by atoms with van der Waals surface area (Å²) in [5.74, 6) is -3.44. The van der Waals surface area contributed by atoms with Crippen LogP contribution in [0.15, 0.2) is 24.5 Å². The average Bonchev–Trinajstić information content (AvgIpc) is 3.25. The Hall–Kier alpha value is -3.48. The summed E-state index contributed by atoms with van der Waals surface area (Å²) in [4.78, 5) is 23.6. The van der Waals surface area contributed by atoms with Crippen LogP contribution in [-0.4, -0.2) is 54.3 Å². The topological polar surface area (TPSA) is 95.2 Å². The Morgan fingerprint density at radius 2 is 2.00 bits per heavy atom. The molecule has 3 aromatic rings. The first-order valence-electron chi connectivity index (χ1n) is 11.2. The number of fused-ring (bicyclic) bond motifs is 1. The zero-order chi connectivity index (χ0) is 26.3. The molecule has 1 amide bonds. The van der Waals surface area contributed by atoms with Gasteiger partial charge >= 0.3 is 12.3 Å². The van der Waals surface area contributed by atoms with Gasteiger partial charge in [-0.05, 0) is 25.5 Å². The van der Waals surface area contributed by atoms with E-state index in [0.717, 1.165) is 31.4 Å². The van der Waals surface area contributed by atoms with Gasteiger partial charge in [0.05, 0.1) is 29.6 Å². The van der Waals surface area contributed by atoms with E-state index in [1.165, 1.54) is 25.4 Å². The van der Waals surface area contributed by atoms with E-state index in [4.69, 9.17) is 0 Å². The summed E-state index contributed by atoms with van der Waals surface area (Å²) < 4.78 is 75.8. The van der Waals surface area contributed by atoms with Gasteiger partial charge in [-0.25, -0.2) is 23.5 Å². The molecule has 1 aliphatic rings. The first-order valence-corrected chi connectivity index (χ1v) is 11.2. The van der Waals surface area contributed by atoms with Crippen LogP contribution in [0.3, 0.4) is 0 Å². The second-order valence-corrected chi connectivity index (χ2v) is 8.64. The number of aromatic amines is 1. The Kier molecular flexibility index (Phi) is 6.78. The molecule has 1 atom stereocenters. The van der Waals surface area contributed by atoms with E-state index in [1.807, 2.05) is 0 Å². The van der Waals surface area contributed by atoms with Crippen LogP contribution < -0.4 is 15.5 Å². The van der Waals surface area contributed by atoms with Crippen molar-refractivity contribution in [2.24, 2.45) is 0 Å². The number of alkyl halides is 5. The maximum Gasteiger partial charge on any atom is 0.419 e. The van der Waals surface area contributed by atoms with Gasteiger partial charge < -0.3 is 20.4 Å². The van der Waals surface area contributed by atoms with Crippen LogP contribution in [0.25, 0.3) is 22.2 Å². The fraction of sp³-hybridized carbons (Fsp3) is 0.435. The number of hydrogen-bond acceptors (Lipinski definition) is 6. The van der Waals surface area contributed by atoms with Crippen molar-refractivity contribution >= 4 is 28.6 Å². The van der Waals surface area contributed by atoms with Gasteiger partial charge in [0.2, 0.25) is 5.95 Å². The highest BCUT2D eigenvalue weighted by atomic mass is 19.4. The highest BCUT2D eigenvalue weighted by Crippen LogP contribution is 2.44. The maximum absolute atomic E-state index is 14.8. The van der Waals surface area contributed by atoms with Crippen LogP contribution in [0.2, 0.25) is 0 Å². The molecule has 1 saturated heterocycles. The number of carbonyl (C=O) groups excluding carboxylic acids is 1. The van der Waals surface area contributed by atoms with E-state index in [9.17, 15) is 26.7 Å². The van der Waals surface area contributed by atoms with Gasteiger partial charge in [0.1, 0.15) is 5.56 Å². The quantitative estimate of drug-likeness (QED) is 0.411. The SMILES string of the molecule is COC(=O)N(C)c1ccc2c(-c3nc(N[C@H]4CCCNC4)ncc3C(F)(F)F)c[nH]c2c1C(C)(F)F. The van der Waals surface area contributed by atoms with Gasteiger partial charge in [0, 0.05) is 49.9 Å². The number of methoxy groups -OCH3 is 1. The first kappa shape index (κ1) is 25.6. The third kappa shape index (κ3) is 4.92. The highest BCUT2D eigenvalue weighted by Gasteiger charge is 2.38. The summed E-state index contributed by atoms with van der Waals surface area (Å²) in [6.45, 7) is 2.10. The molecule has 4 rings (SSSR count). The average molecular weight is 512 g/mol. The minimum Gasteiger partial charge on any atom is -0.452 e. The number of ether oxygens (including phenoxy) is 1. The van der Waals surface area contributed by atoms with Crippen LogP contribution in [0.1, 0.15) is 30.9 Å². The molecule has 36 heavy (non-hydrogen) atoms. The van der Waals surface area contributed by atoms with Crippen LogP contribution >= 0.6 is 0 Å². The molecule has 194 valence electrons. The van der Waals surface area contributed by atoms with Crippen molar-refractivity contribution in [1.29, 1.82) is 0 Å². The largest absolute Gasteiger partial charge is 0.452 e. The number of nitrogens with one attached hydrogen (secondary N) is 3. The van der Waals surface area contributed by atoms with Crippen molar-refractivity contribution in [2.45, 2.75) is 37.9 Å². The van der Waals surface area contributed by atoms with Crippen molar-refractivity contribution in [3.63, 3.8) is 0 Å². The number of amides is 1. The molecule has 0 saturated carbocycles. The van der Waals surface area contributed by atoms with Gasteiger partial charge in [0.25, 0.3) is 5.92 Å². The number of halogens is 5. The predicted octanol–water partition coefficient (Wildman–Crippen LogP) is 5.12. The lowest BCUT2D eigenvalue weighted by Gasteiger charge is -2.24. The van der Waals surface area contributed by atoms with Gasteiger partial charge in [-0.2, -0.15) is 13.2 Å². The molecule has 0 spiro atoms. The molecule has 1 aliphatic heterocycles. The highest BCUT2D eigenvalue weighted by molar-refractivity contribution is 6.02. The fourth-order valence-electron chi connectivity index (χ4n) is 4.36. The molecule has 3 N–H and O–H groups in total. The van der Waals surface area contributed by atoms with Gasteiger partial charge in [-0.1, -0.05) is 6.07 Å². The second-order valence-electron chi connectivity index (χ2n) is 8.64. The summed E-state index contributed by atoms with van der Waals surface area (Å²) in [5, 5.41) is 6.33. The van der Waals surface area contributed by atoms with E-state index in [-0.39, 0.29) is 34.1 Å². The lowest BCUT2D eigenvalue weighted by atomic mass is 9.99. The lowest BCUT2D eigenvalue weighted by molar-refractivity contribution is -0.137. The minimum atomic E-state index is -4.79. The summed E-state index contributed by atoms with van der Waals surface area (Å²) in [6.07, 6.45) is -2.09. The van der Waals surface area contributed by atoms with E-state index in [0.29, 0.717) is 19.7 Å². The minimum absolute atomic E-state index is 0.00383. The molecule has 1 fully saturated rings. The molecule has 1 aromatic carbocycles. The summed E-state index contributed by atoms with van der Waals surface area (Å²) in [7, 11) is 2.37. The number of carbonyl (C=O) groups is 1. The first-order chi connectivity index (χ1) is 16.9. The van der Waals surface area contributed by atoms with Crippen LogP contribution in [0.5, 0.6) is 0 Å². The molecule has 13 heteroatoms. The van der Waals surface area contributed by atoms with Crippen molar-refractivity contribution in [3.8, 4) is 11.3 Å². The molecular formula is C23H25F5N6O2. The number of H-pyrrole nitrogens is 1. The Labute approximate surface area is 203 Å². The second kappa shape index (κ2) is 9.52. The van der Waals surface area contributed by atoms with Crippen molar-refractivity contribution in [1.82, 2.24) is 20.3 Å². The van der Waals surface area contributed by atoms with E-state index >= 15 is 0 Å². The monoisotopic (exact) mass is 512 g/mol. The van der Waals surface area contributed by atoms with Crippen molar-refractivity contribution < 1.29 is 31.5 Å². The number of nitrogens with zero attached hydrogens (tertiary/aromatic N) is 3. The summed E-state index contributed by atoms with van der Waals surface area (Å²) in [6, 6.07) is 2.55. The lowest BCUT2D eigenvalue weighted by Crippen LogP contribution is -2.38. The molecule has 0 bridgehead atoms. The Morgan fingerprint density at radius 1 is 1.25 bits per heavy atom. The molecule has 2 aromatic heterocycles. The van der Waals surface area contributed by atoms with Crippen LogP contribution in [0, 0.1) is 0 Å². The van der Waals surface area contributed by atoms with E-state index in [1.54, 1.807) is 0 Å². The molecule has 0 aliphatic carbocycles. The number of anilines is 2. The summed E-state index contributed by atoms with van der Waals surface area (Å²) in [5.41, 5.74) is -2.41. The third-order valence-electron chi connectivity index (χ3n) is 6.06. The van der Waals surface area contributed by atoms with Gasteiger partial charge in [-0.15, -0.1) is 0 Å². The molecule has 0 unspecified atom stereocenters. The molecular weight excluding hydrogens is 487 g/mol. The van der Waals surface area contributed by atoms with Gasteiger partial charge in [0.15, 0.2) is 0 Å². The zero-order valence-corrected chi connectivity index (χ0v) is 19.8. The number of rotatable bonds is 5. The molecule has 0 radical (unpaired) electrons. The predicted molar refractivity (Wildman–Crippen MR) is 124 cm³/mol. The smallest absolute Gasteiger partial charge is 0.419 e. The Bertz CT molecular complexity index is 1260. The number of hydrogen-bond donors (Lipinski definition) is 3. The molecule has 3 heterocycles. The van der Waals surface area contributed by atoms with Crippen LogP contribution in [0.4, 0.5) is 38.4 Å².